The molecule has 162 valence electrons. The number of aryl methyl sites for hydroxylation is 1. The molecule has 2 heterocycles. The quantitative estimate of drug-likeness (QED) is 0.636. The van der Waals surface area contributed by atoms with Crippen molar-refractivity contribution in [3.05, 3.63) is 58.8 Å². The Bertz CT molecular complexity index is 1130. The molecule has 31 heavy (non-hydrogen) atoms. The summed E-state index contributed by atoms with van der Waals surface area (Å²) in [7, 11) is 4.27. The zero-order chi connectivity index (χ0) is 21.4. The summed E-state index contributed by atoms with van der Waals surface area (Å²) in [6.07, 6.45) is 0. The summed E-state index contributed by atoms with van der Waals surface area (Å²) in [4.78, 5) is 4.67. The Balaban J connectivity index is 0.00000272. The van der Waals surface area contributed by atoms with Gasteiger partial charge in [0, 0.05) is 35.6 Å². The number of rotatable bonds is 5. The highest BCUT2D eigenvalue weighted by Gasteiger charge is 2.28. The summed E-state index contributed by atoms with van der Waals surface area (Å²) in [5.41, 5.74) is 4.94. The molecule has 3 aromatic rings. The van der Waals surface area contributed by atoms with E-state index in [1.54, 1.807) is 0 Å². The van der Waals surface area contributed by atoms with E-state index in [0.29, 0.717) is 11.6 Å². The monoisotopic (exact) mass is 436 g/mol. The van der Waals surface area contributed by atoms with E-state index in [4.69, 9.17) is 0 Å². The number of benzene rings is 2. The summed E-state index contributed by atoms with van der Waals surface area (Å²) in [6, 6.07) is 15.3. The molecule has 0 amide bonds. The van der Waals surface area contributed by atoms with Gasteiger partial charge in [-0.3, -0.25) is 0 Å². The zero-order valence-electron chi connectivity index (χ0n) is 18.7. The van der Waals surface area contributed by atoms with Gasteiger partial charge in [0.2, 0.25) is 0 Å². The maximum absolute atomic E-state index is 9.35. The second-order valence-electron chi connectivity index (χ2n) is 8.38. The summed E-state index contributed by atoms with van der Waals surface area (Å²) >= 11 is 0. The first-order valence-corrected chi connectivity index (χ1v) is 10.3. The van der Waals surface area contributed by atoms with E-state index in [9.17, 15) is 5.26 Å². The van der Waals surface area contributed by atoms with Gasteiger partial charge in [-0.1, -0.05) is 18.2 Å². The first-order chi connectivity index (χ1) is 14.4. The third-order valence-corrected chi connectivity index (χ3v) is 6.22. The summed E-state index contributed by atoms with van der Waals surface area (Å²) in [5.74, 6) is 0.774. The van der Waals surface area contributed by atoms with Gasteiger partial charge in [-0.2, -0.15) is 10.4 Å². The Labute approximate surface area is 190 Å². The molecule has 0 bridgehead atoms. The zero-order valence-corrected chi connectivity index (χ0v) is 19.5. The number of anilines is 2. The molecule has 1 aromatic heterocycles. The number of nitriles is 1. The van der Waals surface area contributed by atoms with Gasteiger partial charge in [0.25, 0.3) is 0 Å². The Hall–Kier alpha value is -2.88. The lowest BCUT2D eigenvalue weighted by atomic mass is 9.98. The maximum Gasteiger partial charge on any atom is 0.157 e. The van der Waals surface area contributed by atoms with Crippen LogP contribution in [0.5, 0.6) is 0 Å². The van der Waals surface area contributed by atoms with Crippen molar-refractivity contribution in [2.45, 2.75) is 32.9 Å². The van der Waals surface area contributed by atoms with Crippen molar-refractivity contribution in [2.75, 3.05) is 37.4 Å². The Morgan fingerprint density at radius 2 is 1.87 bits per heavy atom. The summed E-state index contributed by atoms with van der Waals surface area (Å²) in [5, 5.41) is 23.9. The highest BCUT2D eigenvalue weighted by Crippen LogP contribution is 2.32. The van der Waals surface area contributed by atoms with E-state index >= 15 is 0 Å². The molecule has 1 aliphatic rings. The molecule has 2 aromatic carbocycles. The van der Waals surface area contributed by atoms with Gasteiger partial charge < -0.3 is 15.1 Å². The van der Waals surface area contributed by atoms with E-state index in [2.05, 4.69) is 76.7 Å². The molecule has 1 fully saturated rings. The fourth-order valence-corrected chi connectivity index (χ4v) is 4.10. The molecule has 0 radical (unpaired) electrons. The van der Waals surface area contributed by atoms with Gasteiger partial charge in [0.05, 0.1) is 23.4 Å². The van der Waals surface area contributed by atoms with Crippen molar-refractivity contribution >= 4 is 34.7 Å². The van der Waals surface area contributed by atoms with Gasteiger partial charge >= 0.3 is 0 Å². The van der Waals surface area contributed by atoms with Crippen LogP contribution in [0.3, 0.4) is 0 Å². The number of nitrogens with zero attached hydrogens (tertiary/aromatic N) is 5. The van der Waals surface area contributed by atoms with Crippen LogP contribution in [0.25, 0.3) is 10.8 Å². The topological polar surface area (TPSA) is 68.1 Å². The Kier molecular flexibility index (Phi) is 6.68. The fourth-order valence-electron chi connectivity index (χ4n) is 4.10. The number of nitrogens with one attached hydrogen (secondary N) is 1. The smallest absolute Gasteiger partial charge is 0.157 e. The van der Waals surface area contributed by atoms with Crippen molar-refractivity contribution < 1.29 is 0 Å². The number of hydrogen-bond donors (Lipinski definition) is 1. The lowest BCUT2D eigenvalue weighted by Gasteiger charge is -2.44. The maximum atomic E-state index is 9.35. The predicted octanol–water partition coefficient (Wildman–Crippen LogP) is 4.46. The van der Waals surface area contributed by atoms with Gasteiger partial charge in [-0.05, 0) is 64.2 Å². The van der Waals surface area contributed by atoms with Crippen LogP contribution in [-0.4, -0.2) is 48.3 Å². The van der Waals surface area contributed by atoms with Crippen molar-refractivity contribution in [1.29, 1.82) is 5.26 Å². The summed E-state index contributed by atoms with van der Waals surface area (Å²) in [6.45, 7) is 8.16. The molecule has 0 saturated carbocycles. The highest BCUT2D eigenvalue weighted by molar-refractivity contribution is 5.95. The minimum atomic E-state index is 0. The minimum absolute atomic E-state index is 0. The van der Waals surface area contributed by atoms with Crippen molar-refractivity contribution in [3.8, 4) is 6.07 Å². The van der Waals surface area contributed by atoms with Crippen molar-refractivity contribution in [2.24, 2.45) is 0 Å². The van der Waals surface area contributed by atoms with Crippen molar-refractivity contribution in [1.82, 2.24) is 15.1 Å². The van der Waals surface area contributed by atoms with Gasteiger partial charge in [0.1, 0.15) is 0 Å². The molecule has 1 saturated heterocycles. The molecular weight excluding hydrogens is 408 g/mol. The van der Waals surface area contributed by atoms with Crippen molar-refractivity contribution in [3.63, 3.8) is 0 Å². The largest absolute Gasteiger partial charge is 0.368 e. The average molecular weight is 437 g/mol. The minimum Gasteiger partial charge on any atom is -0.368 e. The van der Waals surface area contributed by atoms with E-state index in [-0.39, 0.29) is 18.4 Å². The highest BCUT2D eigenvalue weighted by atomic mass is 35.5. The van der Waals surface area contributed by atoms with E-state index in [1.165, 1.54) is 5.69 Å². The molecule has 6 nitrogen and oxygen atoms in total. The molecule has 0 aliphatic carbocycles. The number of likely N-dealkylation sites (N-methyl/N-ethyl adjacent to an activating group) is 1. The van der Waals surface area contributed by atoms with Crippen LogP contribution < -0.4 is 10.2 Å². The lowest BCUT2D eigenvalue weighted by molar-refractivity contribution is 0.247. The fraction of sp³-hybridized carbons (Fsp3) is 0.375. The molecular formula is C24H29ClN6. The molecule has 1 atom stereocenters. The first-order valence-electron chi connectivity index (χ1n) is 10.3. The predicted molar refractivity (Wildman–Crippen MR) is 129 cm³/mol. The molecule has 0 spiro atoms. The molecule has 1 aliphatic heterocycles. The van der Waals surface area contributed by atoms with E-state index in [0.717, 1.165) is 46.5 Å². The van der Waals surface area contributed by atoms with Gasteiger partial charge in [0.15, 0.2) is 5.82 Å². The standard InChI is InChI=1S/C24H28N6.ClH/c1-15-18(12-25)7-6-8-21(15)16(2)26-24-23-11-19(30-13-20(14-30)29(4)5)9-10-22(23)17(3)27-28-24;/h6-11,16,20H,13-14H2,1-5H3,(H,26,28);1H. The third-order valence-electron chi connectivity index (χ3n) is 6.22. The Morgan fingerprint density at radius 1 is 1.13 bits per heavy atom. The van der Waals surface area contributed by atoms with E-state index in [1.807, 2.05) is 26.0 Å². The molecule has 7 heteroatoms. The second-order valence-corrected chi connectivity index (χ2v) is 8.38. The lowest BCUT2D eigenvalue weighted by Crippen LogP contribution is -2.57. The van der Waals surface area contributed by atoms with Crippen LogP contribution in [0.1, 0.15) is 35.3 Å². The van der Waals surface area contributed by atoms with Gasteiger partial charge in [-0.15, -0.1) is 17.5 Å². The SMILES string of the molecule is Cc1c(C#N)cccc1C(C)Nc1nnc(C)c2ccc(N3CC(N(C)C)C3)cc12.Cl. The molecule has 4 rings (SSSR count). The number of aromatic nitrogens is 2. The van der Waals surface area contributed by atoms with Crippen LogP contribution in [0.2, 0.25) is 0 Å². The van der Waals surface area contributed by atoms with Crippen LogP contribution in [0.15, 0.2) is 36.4 Å². The first kappa shape index (κ1) is 22.8. The number of halogens is 1. The van der Waals surface area contributed by atoms with Crippen LogP contribution in [0.4, 0.5) is 11.5 Å². The van der Waals surface area contributed by atoms with E-state index < -0.39 is 0 Å². The average Bonchev–Trinajstić information content (AvgIpc) is 2.69. The molecule has 1 N–H and O–H groups in total. The number of hydrogen-bond acceptors (Lipinski definition) is 6. The Morgan fingerprint density at radius 3 is 2.55 bits per heavy atom. The van der Waals surface area contributed by atoms with Crippen LogP contribution >= 0.6 is 12.4 Å². The van der Waals surface area contributed by atoms with Crippen LogP contribution in [-0.2, 0) is 0 Å². The normalized spacial score (nSPS) is 14.7. The number of fused-ring (bicyclic) bond motifs is 1. The van der Waals surface area contributed by atoms with Crippen LogP contribution in [0, 0.1) is 25.2 Å². The second kappa shape index (κ2) is 9.09. The van der Waals surface area contributed by atoms with Gasteiger partial charge in [-0.25, -0.2) is 0 Å². The third kappa shape index (κ3) is 4.30. The molecule has 1 unspecified atom stereocenters. The summed E-state index contributed by atoms with van der Waals surface area (Å²) < 4.78 is 0.